The van der Waals surface area contributed by atoms with Crippen molar-refractivity contribution in [3.63, 3.8) is 0 Å². The highest BCUT2D eigenvalue weighted by Crippen LogP contribution is 2.67. The van der Waals surface area contributed by atoms with Crippen LogP contribution in [0.3, 0.4) is 0 Å². The van der Waals surface area contributed by atoms with Crippen LogP contribution in [-0.4, -0.2) is 45.7 Å². The van der Waals surface area contributed by atoms with Gasteiger partial charge in [-0.15, -0.1) is 0 Å². The molecule has 3 saturated carbocycles. The van der Waals surface area contributed by atoms with E-state index in [4.69, 9.17) is 4.74 Å². The number of nitrogens with one attached hydrogen (secondary N) is 1. The number of hydrogen-bond donors (Lipinski definition) is 2. The van der Waals surface area contributed by atoms with Crippen LogP contribution >= 0.6 is 0 Å². The Balaban J connectivity index is 1.46. The molecule has 7 nitrogen and oxygen atoms in total. The highest BCUT2D eigenvalue weighted by molar-refractivity contribution is 5.90. The van der Waals surface area contributed by atoms with Gasteiger partial charge in [0.1, 0.15) is 17.7 Å². The van der Waals surface area contributed by atoms with E-state index in [0.717, 1.165) is 24.8 Å². The summed E-state index contributed by atoms with van der Waals surface area (Å²) in [4.78, 5) is 28.0. The van der Waals surface area contributed by atoms with E-state index >= 15 is 0 Å². The zero-order chi connectivity index (χ0) is 20.7. The number of aliphatic hydroxyl groups excluding tert-OH is 1. The maximum Gasteiger partial charge on any atom is 0.408 e. The smallest absolute Gasteiger partial charge is 0.408 e. The molecule has 1 aliphatic heterocycles. The van der Waals surface area contributed by atoms with Crippen molar-refractivity contribution in [2.24, 2.45) is 11.3 Å². The summed E-state index contributed by atoms with van der Waals surface area (Å²) in [5, 5.41) is 22.9. The highest BCUT2D eigenvalue weighted by Gasteiger charge is 2.65. The molecule has 0 radical (unpaired) electrons. The third-order valence-electron chi connectivity index (χ3n) is 7.12. The fourth-order valence-corrected chi connectivity index (χ4v) is 5.56. The lowest BCUT2D eigenvalue weighted by atomic mass is 9.74. The number of allylic oxidation sites excluding steroid dienone is 3. The van der Waals surface area contributed by atoms with Crippen LogP contribution in [0.5, 0.6) is 0 Å². The number of carbonyl (C=O) groups is 2. The predicted octanol–water partition coefficient (Wildman–Crippen LogP) is 3.09. The molecule has 2 N–H and O–H groups in total. The summed E-state index contributed by atoms with van der Waals surface area (Å²) < 4.78 is 5.44. The number of fused-ring (bicyclic) bond motifs is 3. The van der Waals surface area contributed by atoms with Gasteiger partial charge < -0.3 is 20.1 Å². The fourth-order valence-electron chi connectivity index (χ4n) is 5.56. The monoisotopic (exact) mass is 397 g/mol. The van der Waals surface area contributed by atoms with E-state index < -0.39 is 29.2 Å². The van der Waals surface area contributed by atoms with Crippen molar-refractivity contribution in [1.82, 2.24) is 10.2 Å². The van der Waals surface area contributed by atoms with Crippen molar-refractivity contribution in [1.29, 1.82) is 5.26 Å². The zero-order valence-electron chi connectivity index (χ0n) is 17.1. The lowest BCUT2D eigenvalue weighted by Crippen LogP contribution is -2.56. The van der Waals surface area contributed by atoms with Crippen LogP contribution in [0.1, 0.15) is 59.3 Å². The van der Waals surface area contributed by atoms with E-state index in [0.29, 0.717) is 30.9 Å². The molecule has 2 amide bonds. The number of amides is 2. The summed E-state index contributed by atoms with van der Waals surface area (Å²) in [7, 11) is 0. The van der Waals surface area contributed by atoms with E-state index in [9.17, 15) is 20.0 Å². The van der Waals surface area contributed by atoms with Crippen LogP contribution < -0.4 is 5.32 Å². The minimum atomic E-state index is -0.820. The molecule has 5 atom stereocenters. The lowest BCUT2D eigenvalue weighted by molar-refractivity contribution is -0.136. The van der Waals surface area contributed by atoms with Crippen LogP contribution in [0.25, 0.3) is 0 Å². The summed E-state index contributed by atoms with van der Waals surface area (Å²) in [6.45, 7) is 5.34. The van der Waals surface area contributed by atoms with Crippen LogP contribution in [0.2, 0.25) is 0 Å². The van der Waals surface area contributed by atoms with Crippen molar-refractivity contribution >= 4 is 12.0 Å². The summed E-state index contributed by atoms with van der Waals surface area (Å²) in [5.41, 5.74) is 2.12. The Kier molecular flexibility index (Phi) is 3.69. The largest absolute Gasteiger partial charge is 0.512 e. The molecule has 0 aromatic carbocycles. The van der Waals surface area contributed by atoms with E-state index in [1.165, 1.54) is 11.1 Å². The first kappa shape index (κ1) is 18.5. The van der Waals surface area contributed by atoms with Crippen molar-refractivity contribution in [2.45, 2.75) is 83.0 Å². The van der Waals surface area contributed by atoms with Crippen molar-refractivity contribution in [3.05, 3.63) is 22.5 Å². The Hall–Kier alpha value is -2.49. The average Bonchev–Trinajstić information content (AvgIpc) is 3.46. The van der Waals surface area contributed by atoms with Gasteiger partial charge in [0.15, 0.2) is 0 Å². The molecule has 0 spiro atoms. The Morgan fingerprint density at radius 3 is 2.62 bits per heavy atom. The minimum Gasteiger partial charge on any atom is -0.512 e. The average molecular weight is 397 g/mol. The zero-order valence-corrected chi connectivity index (χ0v) is 17.1. The molecule has 1 heterocycles. The van der Waals surface area contributed by atoms with Gasteiger partial charge in [-0.2, -0.15) is 5.26 Å². The standard InChI is InChI=1S/C22H27N3O4/c1-21(2,3)29-20(28)24-18(19(27)25-12(10-23)6-11-7-16(11)25)22-8-15(22)13-4-5-14(13)17(26)9-22/h11-12,16,18,26H,4-9H2,1-3H3,(H,24,28)/t11-,12+,16?,18-,22?/m1/s1. The van der Waals surface area contributed by atoms with Crippen molar-refractivity contribution in [2.75, 3.05) is 0 Å². The van der Waals surface area contributed by atoms with Gasteiger partial charge in [-0.25, -0.2) is 4.79 Å². The molecule has 29 heavy (non-hydrogen) atoms. The second kappa shape index (κ2) is 5.78. The predicted molar refractivity (Wildman–Crippen MR) is 103 cm³/mol. The number of nitriles is 1. The van der Waals surface area contributed by atoms with E-state index in [1.807, 2.05) is 0 Å². The van der Waals surface area contributed by atoms with Gasteiger partial charge in [0.2, 0.25) is 5.91 Å². The van der Waals surface area contributed by atoms with Crippen molar-refractivity contribution in [3.8, 4) is 6.07 Å². The molecule has 5 aliphatic rings. The normalized spacial score (nSPS) is 35.0. The second-order valence-corrected chi connectivity index (χ2v) is 10.2. The molecule has 0 aromatic heterocycles. The van der Waals surface area contributed by atoms with Crippen molar-refractivity contribution < 1.29 is 19.4 Å². The number of aliphatic hydroxyl groups is 1. The number of piperidine rings is 1. The molecule has 7 heteroatoms. The van der Waals surface area contributed by atoms with Gasteiger partial charge >= 0.3 is 6.09 Å². The quantitative estimate of drug-likeness (QED) is 0.762. The molecular weight excluding hydrogens is 370 g/mol. The van der Waals surface area contributed by atoms with Crippen LogP contribution in [0, 0.1) is 22.7 Å². The number of nitrogens with zero attached hydrogens (tertiary/aromatic N) is 2. The van der Waals surface area contributed by atoms with Gasteiger partial charge in [-0.05, 0) is 69.9 Å². The van der Waals surface area contributed by atoms with Crippen LogP contribution in [-0.2, 0) is 9.53 Å². The Labute approximate surface area is 170 Å². The SMILES string of the molecule is CC(C)(C)OC(=O)N[C@H](C(=O)N1C2C[C@H]2C[C@H]1C#N)C12CC(O)=C3CCC3=C1C2. The maximum absolute atomic E-state index is 13.7. The second-order valence-electron chi connectivity index (χ2n) is 10.2. The summed E-state index contributed by atoms with van der Waals surface area (Å²) >= 11 is 0. The van der Waals surface area contributed by atoms with Gasteiger partial charge in [-0.3, -0.25) is 4.79 Å². The number of rotatable bonds is 3. The number of hydrogen-bond acceptors (Lipinski definition) is 5. The summed E-state index contributed by atoms with van der Waals surface area (Å²) in [6.07, 6.45) is 3.86. The van der Waals surface area contributed by atoms with E-state index in [2.05, 4.69) is 11.4 Å². The van der Waals surface area contributed by atoms with E-state index in [-0.39, 0.29) is 11.9 Å². The first-order chi connectivity index (χ1) is 13.6. The lowest BCUT2D eigenvalue weighted by Gasteiger charge is -2.37. The van der Waals surface area contributed by atoms with Gasteiger partial charge in [0, 0.05) is 17.9 Å². The molecule has 2 unspecified atom stereocenters. The van der Waals surface area contributed by atoms with Crippen LogP contribution in [0.4, 0.5) is 4.79 Å². The summed E-state index contributed by atoms with van der Waals surface area (Å²) in [5.74, 6) is 0.538. The first-order valence-corrected chi connectivity index (χ1v) is 10.5. The fraction of sp³-hybridized carbons (Fsp3) is 0.682. The van der Waals surface area contributed by atoms with Crippen LogP contribution in [0.15, 0.2) is 22.5 Å². The number of ether oxygens (including phenoxy) is 1. The Morgan fingerprint density at radius 2 is 2.00 bits per heavy atom. The molecule has 4 aliphatic carbocycles. The third-order valence-corrected chi connectivity index (χ3v) is 7.12. The molecule has 1 saturated heterocycles. The number of likely N-dealkylation sites (tertiary alicyclic amines) is 1. The number of alkyl carbamates (subject to hydrolysis) is 1. The maximum atomic E-state index is 13.7. The summed E-state index contributed by atoms with van der Waals surface area (Å²) in [6, 6.07) is 1.10. The highest BCUT2D eigenvalue weighted by atomic mass is 16.6. The Morgan fingerprint density at radius 1 is 1.28 bits per heavy atom. The number of carbonyl (C=O) groups excluding carboxylic acids is 2. The minimum absolute atomic E-state index is 0.105. The molecule has 0 aromatic rings. The molecule has 5 rings (SSSR count). The molecular formula is C22H27N3O4. The molecule has 0 bridgehead atoms. The third kappa shape index (κ3) is 2.76. The first-order valence-electron chi connectivity index (χ1n) is 10.5. The van der Waals surface area contributed by atoms with Gasteiger partial charge in [0.05, 0.1) is 11.8 Å². The Bertz CT molecular complexity index is 921. The molecule has 154 valence electrons. The van der Waals surface area contributed by atoms with Gasteiger partial charge in [-0.1, -0.05) is 5.57 Å². The molecule has 4 fully saturated rings. The van der Waals surface area contributed by atoms with Gasteiger partial charge in [0.25, 0.3) is 0 Å². The van der Waals surface area contributed by atoms with E-state index in [1.54, 1.807) is 25.7 Å². The topological polar surface area (TPSA) is 103 Å².